The summed E-state index contributed by atoms with van der Waals surface area (Å²) < 4.78 is 30.5. The van der Waals surface area contributed by atoms with Crippen molar-refractivity contribution in [2.45, 2.75) is 50.9 Å². The first kappa shape index (κ1) is 20.9. The number of nitrogens with zero attached hydrogens (tertiary/aromatic N) is 2. The van der Waals surface area contributed by atoms with Crippen LogP contribution in [0.4, 0.5) is 4.39 Å². The van der Waals surface area contributed by atoms with Crippen molar-refractivity contribution in [3.05, 3.63) is 30.1 Å². The van der Waals surface area contributed by atoms with E-state index in [0.29, 0.717) is 18.4 Å². The molecular formula is C21H32FN3O3. The number of piperidine rings is 1. The highest BCUT2D eigenvalue weighted by atomic mass is 19.1. The molecule has 2 unspecified atom stereocenters. The van der Waals surface area contributed by atoms with Gasteiger partial charge in [0.05, 0.1) is 25.4 Å². The minimum absolute atomic E-state index is 0.0607. The average Bonchev–Trinajstić information content (AvgIpc) is 3.23. The molecule has 3 rings (SSSR count). The van der Waals surface area contributed by atoms with Crippen LogP contribution in [0.25, 0.3) is 0 Å². The number of guanidine groups is 1. The van der Waals surface area contributed by atoms with E-state index in [-0.39, 0.29) is 18.0 Å². The maximum atomic E-state index is 13.0. The molecule has 28 heavy (non-hydrogen) atoms. The summed E-state index contributed by atoms with van der Waals surface area (Å²) in [7, 11) is 1.80. The second-order valence-electron chi connectivity index (χ2n) is 7.47. The van der Waals surface area contributed by atoms with Gasteiger partial charge in [0.25, 0.3) is 0 Å². The third-order valence-corrected chi connectivity index (χ3v) is 5.19. The van der Waals surface area contributed by atoms with E-state index in [1.165, 1.54) is 12.1 Å². The second-order valence-corrected chi connectivity index (χ2v) is 7.47. The average molecular weight is 394 g/mol. The predicted octanol–water partition coefficient (Wildman–Crippen LogP) is 2.83. The normalized spacial score (nSPS) is 22.3. The Bertz CT molecular complexity index is 612. The number of aliphatic imine (C=N–C) groups is 1. The molecular weight excluding hydrogens is 361 g/mol. The van der Waals surface area contributed by atoms with Crippen molar-refractivity contribution in [1.29, 1.82) is 0 Å². The molecule has 2 aliphatic rings. The van der Waals surface area contributed by atoms with E-state index < -0.39 is 0 Å². The highest BCUT2D eigenvalue weighted by Crippen LogP contribution is 2.18. The molecule has 0 saturated carbocycles. The zero-order chi connectivity index (χ0) is 19.8. The van der Waals surface area contributed by atoms with Crippen LogP contribution < -0.4 is 10.1 Å². The number of halogens is 1. The van der Waals surface area contributed by atoms with Crippen LogP contribution >= 0.6 is 0 Å². The first-order chi connectivity index (χ1) is 13.6. The summed E-state index contributed by atoms with van der Waals surface area (Å²) in [6.45, 7) is 6.04. The van der Waals surface area contributed by atoms with Crippen LogP contribution in [0.2, 0.25) is 0 Å². The Hall–Kier alpha value is -1.86. The van der Waals surface area contributed by atoms with E-state index in [1.54, 1.807) is 19.2 Å². The third-order valence-electron chi connectivity index (χ3n) is 5.19. The fourth-order valence-corrected chi connectivity index (χ4v) is 3.61. The van der Waals surface area contributed by atoms with E-state index in [4.69, 9.17) is 14.2 Å². The van der Waals surface area contributed by atoms with Crippen molar-refractivity contribution >= 4 is 5.96 Å². The molecule has 0 aromatic heterocycles. The summed E-state index contributed by atoms with van der Waals surface area (Å²) in [6.07, 6.45) is 4.79. The van der Waals surface area contributed by atoms with Gasteiger partial charge in [-0.05, 0) is 56.9 Å². The third kappa shape index (κ3) is 6.34. The van der Waals surface area contributed by atoms with Gasteiger partial charge in [-0.1, -0.05) is 0 Å². The zero-order valence-electron chi connectivity index (χ0n) is 16.9. The van der Waals surface area contributed by atoms with Crippen LogP contribution in [-0.2, 0) is 9.47 Å². The van der Waals surface area contributed by atoms with Crippen LogP contribution in [0.3, 0.4) is 0 Å². The lowest BCUT2D eigenvalue weighted by Crippen LogP contribution is -2.49. The first-order valence-corrected chi connectivity index (χ1v) is 10.2. The maximum Gasteiger partial charge on any atom is 0.193 e. The minimum atomic E-state index is -0.262. The lowest BCUT2D eigenvalue weighted by atomic mass is 10.1. The summed E-state index contributed by atoms with van der Waals surface area (Å²) in [4.78, 5) is 6.66. The summed E-state index contributed by atoms with van der Waals surface area (Å²) in [5.41, 5.74) is 0. The lowest BCUT2D eigenvalue weighted by molar-refractivity contribution is -0.0367. The Labute approximate surface area is 167 Å². The van der Waals surface area contributed by atoms with Crippen LogP contribution in [0.1, 0.15) is 32.6 Å². The Morgan fingerprint density at radius 2 is 2.04 bits per heavy atom. The number of rotatable bonds is 7. The van der Waals surface area contributed by atoms with Crippen molar-refractivity contribution in [3.63, 3.8) is 0 Å². The Morgan fingerprint density at radius 3 is 2.68 bits per heavy atom. The molecule has 1 aromatic rings. The number of nitrogens with one attached hydrogen (secondary N) is 1. The van der Waals surface area contributed by atoms with Crippen LogP contribution in [0.5, 0.6) is 5.75 Å². The number of benzene rings is 1. The molecule has 1 N–H and O–H groups in total. The second kappa shape index (κ2) is 10.6. The van der Waals surface area contributed by atoms with E-state index in [1.807, 2.05) is 6.92 Å². The summed E-state index contributed by atoms with van der Waals surface area (Å²) in [5, 5.41) is 3.38. The number of hydrogen-bond donors (Lipinski definition) is 1. The van der Waals surface area contributed by atoms with Crippen LogP contribution in [0.15, 0.2) is 29.3 Å². The quantitative estimate of drug-likeness (QED) is 0.570. The topological polar surface area (TPSA) is 55.3 Å². The number of hydrogen-bond acceptors (Lipinski definition) is 4. The molecule has 0 radical (unpaired) electrons. The highest BCUT2D eigenvalue weighted by molar-refractivity contribution is 5.80. The van der Waals surface area contributed by atoms with E-state index >= 15 is 0 Å². The Morgan fingerprint density at radius 1 is 1.29 bits per heavy atom. The molecule has 1 aromatic carbocycles. The van der Waals surface area contributed by atoms with E-state index in [9.17, 15) is 4.39 Å². The smallest absolute Gasteiger partial charge is 0.193 e. The summed E-state index contributed by atoms with van der Waals surface area (Å²) >= 11 is 0. The highest BCUT2D eigenvalue weighted by Gasteiger charge is 2.24. The van der Waals surface area contributed by atoms with E-state index in [0.717, 1.165) is 57.9 Å². The van der Waals surface area contributed by atoms with Gasteiger partial charge in [0.2, 0.25) is 0 Å². The monoisotopic (exact) mass is 393 g/mol. The van der Waals surface area contributed by atoms with Gasteiger partial charge >= 0.3 is 0 Å². The van der Waals surface area contributed by atoms with Gasteiger partial charge in [-0.2, -0.15) is 0 Å². The van der Waals surface area contributed by atoms with Gasteiger partial charge in [-0.3, -0.25) is 4.99 Å². The van der Waals surface area contributed by atoms with Crippen molar-refractivity contribution < 1.29 is 18.6 Å². The largest absolute Gasteiger partial charge is 0.489 e. The first-order valence-electron chi connectivity index (χ1n) is 10.2. The SMILES string of the molecule is CN=C(NCC(C)Oc1ccc(F)cc1)N1CCC(OCC2CCCO2)CC1. The lowest BCUT2D eigenvalue weighted by Gasteiger charge is -2.34. The minimum Gasteiger partial charge on any atom is -0.489 e. The van der Waals surface area contributed by atoms with Gasteiger partial charge in [-0.15, -0.1) is 0 Å². The van der Waals surface area contributed by atoms with Crippen molar-refractivity contribution in [2.24, 2.45) is 4.99 Å². The number of likely N-dealkylation sites (tertiary alicyclic amines) is 1. The van der Waals surface area contributed by atoms with Crippen molar-refractivity contribution in [2.75, 3.05) is 39.9 Å². The molecule has 2 aliphatic heterocycles. The molecule has 0 amide bonds. The van der Waals surface area contributed by atoms with Gasteiger partial charge in [0, 0.05) is 26.7 Å². The molecule has 2 atom stereocenters. The Kier molecular flexibility index (Phi) is 7.91. The number of ether oxygens (including phenoxy) is 3. The molecule has 2 saturated heterocycles. The van der Waals surface area contributed by atoms with Gasteiger partial charge in [0.15, 0.2) is 5.96 Å². The molecule has 0 bridgehead atoms. The molecule has 0 aliphatic carbocycles. The zero-order valence-corrected chi connectivity index (χ0v) is 16.9. The van der Waals surface area contributed by atoms with Crippen LogP contribution in [0, 0.1) is 5.82 Å². The molecule has 2 fully saturated rings. The van der Waals surface area contributed by atoms with Gasteiger partial charge in [-0.25, -0.2) is 4.39 Å². The van der Waals surface area contributed by atoms with E-state index in [2.05, 4.69) is 15.2 Å². The standard InChI is InChI=1S/C21H32FN3O3/c1-16(28-19-7-5-17(22)6-8-19)14-24-21(23-2)25-11-9-18(10-12-25)27-15-20-4-3-13-26-20/h5-8,16,18,20H,3-4,9-15H2,1-2H3,(H,23,24). The molecule has 0 spiro atoms. The fourth-order valence-electron chi connectivity index (χ4n) is 3.61. The summed E-state index contributed by atoms with van der Waals surface area (Å²) in [6, 6.07) is 6.09. The Balaban J connectivity index is 1.36. The van der Waals surface area contributed by atoms with Crippen molar-refractivity contribution in [3.8, 4) is 5.75 Å². The van der Waals surface area contributed by atoms with Crippen LogP contribution in [-0.4, -0.2) is 69.1 Å². The fraction of sp³-hybridized carbons (Fsp3) is 0.667. The molecule has 156 valence electrons. The predicted molar refractivity (Wildman–Crippen MR) is 107 cm³/mol. The molecule has 7 heteroatoms. The van der Waals surface area contributed by atoms with Gasteiger partial charge in [0.1, 0.15) is 17.7 Å². The summed E-state index contributed by atoms with van der Waals surface area (Å²) in [5.74, 6) is 1.28. The van der Waals surface area contributed by atoms with Gasteiger partial charge < -0.3 is 24.4 Å². The maximum absolute atomic E-state index is 13.0. The molecule has 2 heterocycles. The molecule has 6 nitrogen and oxygen atoms in total. The van der Waals surface area contributed by atoms with Crippen molar-refractivity contribution in [1.82, 2.24) is 10.2 Å².